The smallest absolute Gasteiger partial charge is 0.237 e. The maximum atomic E-state index is 13.6. The molecule has 2 aromatic rings. The van der Waals surface area contributed by atoms with Gasteiger partial charge in [-0.2, -0.15) is 0 Å². The van der Waals surface area contributed by atoms with Gasteiger partial charge in [-0.05, 0) is 19.1 Å². The molecule has 0 spiro atoms. The lowest BCUT2D eigenvalue weighted by Crippen LogP contribution is -2.23. The van der Waals surface area contributed by atoms with Gasteiger partial charge in [-0.1, -0.05) is 11.8 Å². The Morgan fingerprint density at radius 1 is 1.36 bits per heavy atom. The summed E-state index contributed by atoms with van der Waals surface area (Å²) in [7, 11) is 1.71. The minimum Gasteiger partial charge on any atom is -0.370 e. The van der Waals surface area contributed by atoms with E-state index < -0.39 is 28.7 Å². The van der Waals surface area contributed by atoms with Gasteiger partial charge in [0.25, 0.3) is 0 Å². The summed E-state index contributed by atoms with van der Waals surface area (Å²) in [4.78, 5) is 23.0. The molecule has 2 rings (SSSR count). The van der Waals surface area contributed by atoms with Crippen LogP contribution in [0, 0.1) is 11.6 Å². The summed E-state index contributed by atoms with van der Waals surface area (Å²) in [6, 6.07) is 2.91. The van der Waals surface area contributed by atoms with Crippen LogP contribution in [-0.2, 0) is 23.1 Å². The van der Waals surface area contributed by atoms with Crippen LogP contribution in [0.5, 0.6) is 0 Å². The van der Waals surface area contributed by atoms with Gasteiger partial charge in [0.2, 0.25) is 11.8 Å². The molecule has 10 heteroatoms. The fourth-order valence-corrected chi connectivity index (χ4v) is 2.77. The Kier molecular flexibility index (Phi) is 6.07. The first-order valence-corrected chi connectivity index (χ1v) is 8.25. The predicted octanol–water partition coefficient (Wildman–Crippen LogP) is 1.63. The third-order valence-electron chi connectivity index (χ3n) is 3.36. The molecule has 2 amide bonds. The Hall–Kier alpha value is -2.49. The number of nitrogens with one attached hydrogen (secondary N) is 1. The summed E-state index contributed by atoms with van der Waals surface area (Å²) in [6.45, 7) is 1.62. The Balaban J connectivity index is 2.00. The predicted molar refractivity (Wildman–Crippen MR) is 88.8 cm³/mol. The summed E-state index contributed by atoms with van der Waals surface area (Å²) in [5, 5.41) is 10.2. The first kappa shape index (κ1) is 18.8. The number of rotatable bonds is 7. The Labute approximate surface area is 147 Å². The largest absolute Gasteiger partial charge is 0.370 e. The number of hydrogen-bond acceptors (Lipinski definition) is 5. The number of aryl methyl sites for hydroxylation is 1. The van der Waals surface area contributed by atoms with Gasteiger partial charge in [0.05, 0.1) is 10.9 Å². The van der Waals surface area contributed by atoms with Crippen molar-refractivity contribution in [3.05, 3.63) is 35.7 Å². The molecule has 0 fully saturated rings. The van der Waals surface area contributed by atoms with Gasteiger partial charge in [-0.3, -0.25) is 9.59 Å². The molecule has 1 aromatic heterocycles. The molecule has 7 nitrogen and oxygen atoms in total. The van der Waals surface area contributed by atoms with E-state index in [2.05, 4.69) is 15.5 Å². The van der Waals surface area contributed by atoms with E-state index in [9.17, 15) is 18.4 Å². The Morgan fingerprint density at radius 3 is 2.72 bits per heavy atom. The second kappa shape index (κ2) is 8.06. The third-order valence-corrected chi connectivity index (χ3v) is 4.49. The van der Waals surface area contributed by atoms with Crippen LogP contribution in [0.1, 0.15) is 19.2 Å². The fraction of sp³-hybridized carbons (Fsp3) is 0.333. The molecule has 1 atom stereocenters. The van der Waals surface area contributed by atoms with E-state index in [-0.39, 0.29) is 12.1 Å². The summed E-state index contributed by atoms with van der Waals surface area (Å²) in [5.74, 6) is -1.90. The highest BCUT2D eigenvalue weighted by Gasteiger charge is 2.20. The van der Waals surface area contributed by atoms with Gasteiger partial charge in [-0.25, -0.2) is 8.78 Å². The van der Waals surface area contributed by atoms with Gasteiger partial charge in [0, 0.05) is 26.0 Å². The molecular formula is C15H17F2N5O2S. The average Bonchev–Trinajstić information content (AvgIpc) is 2.88. The lowest BCUT2D eigenvalue weighted by atomic mass is 10.3. The van der Waals surface area contributed by atoms with E-state index >= 15 is 0 Å². The molecule has 0 radical (unpaired) electrons. The van der Waals surface area contributed by atoms with E-state index in [0.29, 0.717) is 23.5 Å². The molecule has 3 N–H and O–H groups in total. The van der Waals surface area contributed by atoms with E-state index in [1.165, 1.54) is 0 Å². The van der Waals surface area contributed by atoms with Crippen LogP contribution in [0.4, 0.5) is 14.5 Å². The van der Waals surface area contributed by atoms with Crippen molar-refractivity contribution < 1.29 is 18.4 Å². The zero-order valence-corrected chi connectivity index (χ0v) is 14.4. The van der Waals surface area contributed by atoms with Gasteiger partial charge in [0.1, 0.15) is 17.5 Å². The lowest BCUT2D eigenvalue weighted by Gasteiger charge is -2.12. The fourth-order valence-electron chi connectivity index (χ4n) is 1.94. The van der Waals surface area contributed by atoms with Gasteiger partial charge < -0.3 is 15.6 Å². The number of anilines is 1. The topological polar surface area (TPSA) is 103 Å². The minimum absolute atomic E-state index is 0.0982. The van der Waals surface area contributed by atoms with Crippen molar-refractivity contribution in [3.8, 4) is 0 Å². The Morgan fingerprint density at radius 2 is 2.08 bits per heavy atom. The zero-order chi connectivity index (χ0) is 18.6. The SMILES string of the molecule is C[C@H](Sc1nnc(CCC(N)=O)n1C)C(=O)Nc1ccc(F)cc1F. The van der Waals surface area contributed by atoms with Gasteiger partial charge in [-0.15, -0.1) is 10.2 Å². The van der Waals surface area contributed by atoms with Crippen LogP contribution in [0.25, 0.3) is 0 Å². The van der Waals surface area contributed by atoms with Crippen molar-refractivity contribution in [3.63, 3.8) is 0 Å². The molecule has 0 bridgehead atoms. The van der Waals surface area contributed by atoms with E-state index in [4.69, 9.17) is 5.73 Å². The van der Waals surface area contributed by atoms with Crippen LogP contribution in [0.2, 0.25) is 0 Å². The number of amides is 2. The van der Waals surface area contributed by atoms with E-state index in [1.54, 1.807) is 18.5 Å². The van der Waals surface area contributed by atoms with Crippen LogP contribution in [0.3, 0.4) is 0 Å². The summed E-state index contributed by atoms with van der Waals surface area (Å²) in [6.07, 6.45) is 0.497. The second-order valence-electron chi connectivity index (χ2n) is 5.30. The number of nitrogens with zero attached hydrogens (tertiary/aromatic N) is 3. The van der Waals surface area contributed by atoms with Crippen molar-refractivity contribution in [2.45, 2.75) is 30.2 Å². The first-order valence-electron chi connectivity index (χ1n) is 7.37. The molecule has 0 unspecified atom stereocenters. The molecule has 0 saturated carbocycles. The number of hydrogen-bond donors (Lipinski definition) is 2. The average molecular weight is 369 g/mol. The van der Waals surface area contributed by atoms with Crippen LogP contribution in [0.15, 0.2) is 23.4 Å². The number of halogens is 2. The quantitative estimate of drug-likeness (QED) is 0.722. The molecule has 1 aromatic carbocycles. The number of carbonyl (C=O) groups is 2. The van der Waals surface area contributed by atoms with Crippen molar-refractivity contribution in [1.29, 1.82) is 0 Å². The summed E-state index contributed by atoms with van der Waals surface area (Å²) < 4.78 is 28.1. The van der Waals surface area contributed by atoms with Crippen LogP contribution < -0.4 is 11.1 Å². The number of carbonyl (C=O) groups excluding carboxylic acids is 2. The first-order chi connectivity index (χ1) is 11.8. The molecule has 134 valence electrons. The molecule has 0 aliphatic carbocycles. The van der Waals surface area contributed by atoms with Gasteiger partial charge >= 0.3 is 0 Å². The van der Waals surface area contributed by atoms with Crippen molar-refractivity contribution >= 4 is 29.3 Å². The molecule has 0 aliphatic heterocycles. The number of aromatic nitrogens is 3. The zero-order valence-electron chi connectivity index (χ0n) is 13.6. The lowest BCUT2D eigenvalue weighted by molar-refractivity contribution is -0.118. The number of thioether (sulfide) groups is 1. The van der Waals surface area contributed by atoms with Crippen molar-refractivity contribution in [2.24, 2.45) is 12.8 Å². The monoisotopic (exact) mass is 369 g/mol. The minimum atomic E-state index is -0.849. The highest BCUT2D eigenvalue weighted by atomic mass is 32.2. The molecule has 0 saturated heterocycles. The van der Waals surface area contributed by atoms with Crippen molar-refractivity contribution in [2.75, 3.05) is 5.32 Å². The maximum absolute atomic E-state index is 13.6. The van der Waals surface area contributed by atoms with E-state index in [1.807, 2.05) is 0 Å². The maximum Gasteiger partial charge on any atom is 0.237 e. The molecular weight excluding hydrogens is 352 g/mol. The normalized spacial score (nSPS) is 12.0. The van der Waals surface area contributed by atoms with Gasteiger partial charge in [0.15, 0.2) is 5.16 Å². The third kappa shape index (κ3) is 4.99. The van der Waals surface area contributed by atoms with Crippen LogP contribution in [-0.4, -0.2) is 31.8 Å². The van der Waals surface area contributed by atoms with Crippen molar-refractivity contribution in [1.82, 2.24) is 14.8 Å². The second-order valence-corrected chi connectivity index (χ2v) is 6.61. The summed E-state index contributed by atoms with van der Waals surface area (Å²) in [5.41, 5.74) is 5.01. The Bertz CT molecular complexity index is 796. The highest BCUT2D eigenvalue weighted by molar-refractivity contribution is 8.00. The number of nitrogens with two attached hydrogens (primary N) is 1. The molecule has 1 heterocycles. The van der Waals surface area contributed by atoms with Crippen LogP contribution >= 0.6 is 11.8 Å². The number of primary amides is 1. The molecule has 25 heavy (non-hydrogen) atoms. The highest BCUT2D eigenvalue weighted by Crippen LogP contribution is 2.23. The molecule has 0 aliphatic rings. The number of benzene rings is 1. The van der Waals surface area contributed by atoms with E-state index in [0.717, 1.165) is 23.9 Å². The summed E-state index contributed by atoms with van der Waals surface area (Å²) >= 11 is 1.13. The standard InChI is InChI=1S/C15H17F2N5O2S/c1-8(14(24)19-11-4-3-9(16)7-10(11)17)25-15-21-20-13(22(15)2)6-5-12(18)23/h3-4,7-8H,5-6H2,1-2H3,(H2,18,23)(H,19,24)/t8-/m0/s1.